The highest BCUT2D eigenvalue weighted by Gasteiger charge is 2.26. The summed E-state index contributed by atoms with van der Waals surface area (Å²) in [5.41, 5.74) is 0.898. The van der Waals surface area contributed by atoms with Gasteiger partial charge in [0, 0.05) is 37.3 Å². The maximum atomic E-state index is 9.71. The van der Waals surface area contributed by atoms with E-state index in [1.807, 2.05) is 6.07 Å². The summed E-state index contributed by atoms with van der Waals surface area (Å²) in [5.74, 6) is 1.37. The van der Waals surface area contributed by atoms with Gasteiger partial charge in [-0.15, -0.1) is 12.4 Å². The van der Waals surface area contributed by atoms with Gasteiger partial charge in [-0.3, -0.25) is 4.90 Å². The fourth-order valence-electron chi connectivity index (χ4n) is 2.59. The highest BCUT2D eigenvalue weighted by atomic mass is 35.5. The average Bonchev–Trinajstić information content (AvgIpc) is 2.88. The van der Waals surface area contributed by atoms with Crippen molar-refractivity contribution in [2.45, 2.75) is 6.04 Å². The number of ether oxygens (including phenoxy) is 2. The van der Waals surface area contributed by atoms with Gasteiger partial charge in [-0.05, 0) is 11.6 Å². The molecule has 1 atom stereocenters. The lowest BCUT2D eigenvalue weighted by molar-refractivity contribution is 0.110. The summed E-state index contributed by atoms with van der Waals surface area (Å²) in [6, 6.07) is 3.56. The molecule has 0 unspecified atom stereocenters. The Kier molecular flexibility index (Phi) is 5.35. The minimum Gasteiger partial charge on any atom is -0.454 e. The van der Waals surface area contributed by atoms with E-state index in [2.05, 4.69) is 10.2 Å². The van der Waals surface area contributed by atoms with E-state index in [9.17, 15) is 5.11 Å². The van der Waals surface area contributed by atoms with Crippen LogP contribution in [-0.2, 0) is 0 Å². The zero-order valence-corrected chi connectivity index (χ0v) is 12.5. The number of halogens is 2. The van der Waals surface area contributed by atoms with Crippen molar-refractivity contribution in [1.29, 1.82) is 0 Å². The van der Waals surface area contributed by atoms with E-state index in [4.69, 9.17) is 21.1 Å². The van der Waals surface area contributed by atoms with E-state index in [1.54, 1.807) is 6.07 Å². The van der Waals surface area contributed by atoms with E-state index in [-0.39, 0.29) is 31.8 Å². The molecule has 112 valence electrons. The maximum Gasteiger partial charge on any atom is 0.231 e. The molecule has 0 aromatic heterocycles. The Balaban J connectivity index is 0.00000147. The van der Waals surface area contributed by atoms with Gasteiger partial charge in [0.15, 0.2) is 11.5 Å². The Morgan fingerprint density at radius 3 is 2.55 bits per heavy atom. The molecule has 0 aliphatic carbocycles. The topological polar surface area (TPSA) is 54.0 Å². The van der Waals surface area contributed by atoms with Crippen molar-refractivity contribution in [3.63, 3.8) is 0 Å². The second-order valence-corrected chi connectivity index (χ2v) is 5.12. The molecule has 1 saturated heterocycles. The van der Waals surface area contributed by atoms with Gasteiger partial charge in [0.1, 0.15) is 0 Å². The van der Waals surface area contributed by atoms with Crippen LogP contribution in [0.25, 0.3) is 0 Å². The molecule has 0 spiro atoms. The van der Waals surface area contributed by atoms with E-state index in [1.165, 1.54) is 0 Å². The first kappa shape index (κ1) is 15.7. The molecule has 7 heteroatoms. The first-order valence-corrected chi connectivity index (χ1v) is 6.82. The largest absolute Gasteiger partial charge is 0.454 e. The second-order valence-electron chi connectivity index (χ2n) is 4.71. The summed E-state index contributed by atoms with van der Waals surface area (Å²) < 4.78 is 10.7. The monoisotopic (exact) mass is 320 g/mol. The van der Waals surface area contributed by atoms with E-state index < -0.39 is 0 Å². The molecular weight excluding hydrogens is 303 g/mol. The van der Waals surface area contributed by atoms with Crippen LogP contribution in [0.1, 0.15) is 11.6 Å². The molecule has 0 bridgehead atoms. The molecule has 2 N–H and O–H groups in total. The second kappa shape index (κ2) is 6.83. The van der Waals surface area contributed by atoms with Crippen LogP contribution in [-0.4, -0.2) is 49.6 Å². The van der Waals surface area contributed by atoms with Crippen molar-refractivity contribution in [3.05, 3.63) is 22.7 Å². The standard InChI is InChI=1S/C13H17ClN2O3.ClH/c14-10-6-13-12(18-8-19-13)5-9(10)11(7-17)16-3-1-15-2-4-16;/h5-6,11,15,17H,1-4,7-8H2;1H/t11-;/m0./s1. The van der Waals surface area contributed by atoms with Gasteiger partial charge in [-0.2, -0.15) is 0 Å². The average molecular weight is 321 g/mol. The van der Waals surface area contributed by atoms with Crippen LogP contribution in [0.3, 0.4) is 0 Å². The molecule has 0 amide bonds. The van der Waals surface area contributed by atoms with Gasteiger partial charge >= 0.3 is 0 Å². The number of aliphatic hydroxyl groups is 1. The predicted molar refractivity (Wildman–Crippen MR) is 79.1 cm³/mol. The number of aliphatic hydroxyl groups excluding tert-OH is 1. The van der Waals surface area contributed by atoms with Crippen molar-refractivity contribution >= 4 is 24.0 Å². The van der Waals surface area contributed by atoms with Gasteiger partial charge < -0.3 is 19.9 Å². The Morgan fingerprint density at radius 1 is 1.25 bits per heavy atom. The summed E-state index contributed by atoms with van der Waals surface area (Å²) in [4.78, 5) is 2.24. The molecule has 0 radical (unpaired) electrons. The molecule has 0 saturated carbocycles. The van der Waals surface area contributed by atoms with Gasteiger partial charge in [0.05, 0.1) is 12.6 Å². The number of hydrogen-bond donors (Lipinski definition) is 2. The highest BCUT2D eigenvalue weighted by molar-refractivity contribution is 6.31. The number of benzene rings is 1. The van der Waals surface area contributed by atoms with Crippen LogP contribution in [0, 0.1) is 0 Å². The number of fused-ring (bicyclic) bond motifs is 1. The number of piperazine rings is 1. The van der Waals surface area contributed by atoms with Crippen LogP contribution in [0.4, 0.5) is 0 Å². The quantitative estimate of drug-likeness (QED) is 0.882. The fraction of sp³-hybridized carbons (Fsp3) is 0.538. The first-order valence-electron chi connectivity index (χ1n) is 6.44. The van der Waals surface area contributed by atoms with E-state index in [0.717, 1.165) is 31.7 Å². The minimum absolute atomic E-state index is 0. The zero-order chi connectivity index (χ0) is 13.2. The Morgan fingerprint density at radius 2 is 1.90 bits per heavy atom. The Labute approximate surface area is 129 Å². The zero-order valence-electron chi connectivity index (χ0n) is 11.0. The van der Waals surface area contributed by atoms with E-state index in [0.29, 0.717) is 16.5 Å². The summed E-state index contributed by atoms with van der Waals surface area (Å²) in [7, 11) is 0. The SMILES string of the molecule is Cl.OC[C@@H](c1cc2c(cc1Cl)OCO2)N1CCNCC1. The third-order valence-corrected chi connectivity index (χ3v) is 3.94. The number of rotatable bonds is 3. The van der Waals surface area contributed by atoms with Crippen LogP contribution in [0.2, 0.25) is 5.02 Å². The third kappa shape index (κ3) is 2.97. The van der Waals surface area contributed by atoms with Gasteiger partial charge in [-0.25, -0.2) is 0 Å². The molecule has 2 heterocycles. The molecule has 20 heavy (non-hydrogen) atoms. The summed E-state index contributed by atoms with van der Waals surface area (Å²) in [6.07, 6.45) is 0. The van der Waals surface area contributed by atoms with Crippen molar-refractivity contribution in [2.75, 3.05) is 39.6 Å². The number of hydrogen-bond acceptors (Lipinski definition) is 5. The highest BCUT2D eigenvalue weighted by Crippen LogP contribution is 2.40. The van der Waals surface area contributed by atoms with Crippen LogP contribution < -0.4 is 14.8 Å². The van der Waals surface area contributed by atoms with Gasteiger partial charge in [0.25, 0.3) is 0 Å². The molecule has 5 nitrogen and oxygen atoms in total. The van der Waals surface area contributed by atoms with Crippen LogP contribution in [0.15, 0.2) is 12.1 Å². The first-order chi connectivity index (χ1) is 9.29. The third-order valence-electron chi connectivity index (χ3n) is 3.62. The summed E-state index contributed by atoms with van der Waals surface area (Å²) >= 11 is 6.31. The normalized spacial score (nSPS) is 19.5. The molecule has 2 aliphatic rings. The van der Waals surface area contributed by atoms with Crippen molar-refractivity contribution in [3.8, 4) is 11.5 Å². The molecule has 1 fully saturated rings. The Hall–Kier alpha value is -0.720. The molecule has 3 rings (SSSR count). The van der Waals surface area contributed by atoms with Crippen molar-refractivity contribution in [1.82, 2.24) is 10.2 Å². The lowest BCUT2D eigenvalue weighted by Gasteiger charge is -2.34. The Bertz CT molecular complexity index is 467. The fourth-order valence-corrected chi connectivity index (χ4v) is 2.87. The van der Waals surface area contributed by atoms with Crippen LogP contribution in [0.5, 0.6) is 11.5 Å². The smallest absolute Gasteiger partial charge is 0.231 e. The van der Waals surface area contributed by atoms with Crippen LogP contribution >= 0.6 is 24.0 Å². The lowest BCUT2D eigenvalue weighted by atomic mass is 10.0. The molecular formula is C13H18Cl2N2O3. The summed E-state index contributed by atoms with van der Waals surface area (Å²) in [5, 5.41) is 13.6. The number of nitrogens with one attached hydrogen (secondary N) is 1. The molecule has 1 aromatic carbocycles. The molecule has 2 aliphatic heterocycles. The van der Waals surface area contributed by atoms with Crippen molar-refractivity contribution < 1.29 is 14.6 Å². The van der Waals surface area contributed by atoms with Gasteiger partial charge in [-0.1, -0.05) is 11.6 Å². The lowest BCUT2D eigenvalue weighted by Crippen LogP contribution is -2.46. The molecule has 1 aromatic rings. The maximum absolute atomic E-state index is 9.71. The summed E-state index contributed by atoms with van der Waals surface area (Å²) in [6.45, 7) is 3.93. The van der Waals surface area contributed by atoms with Gasteiger partial charge in [0.2, 0.25) is 6.79 Å². The minimum atomic E-state index is -0.0934. The van der Waals surface area contributed by atoms with Crippen molar-refractivity contribution in [2.24, 2.45) is 0 Å². The van der Waals surface area contributed by atoms with E-state index >= 15 is 0 Å². The predicted octanol–water partition coefficient (Wildman–Crippen LogP) is 1.43. The number of nitrogens with zero attached hydrogens (tertiary/aromatic N) is 1.